The van der Waals surface area contributed by atoms with Gasteiger partial charge in [0.25, 0.3) is 5.91 Å². The summed E-state index contributed by atoms with van der Waals surface area (Å²) in [7, 11) is -3.29. The van der Waals surface area contributed by atoms with Crippen LogP contribution in [-0.4, -0.2) is 57.0 Å². The highest BCUT2D eigenvalue weighted by atomic mass is 32.2. The lowest BCUT2D eigenvalue weighted by Gasteiger charge is -2.27. The van der Waals surface area contributed by atoms with Crippen molar-refractivity contribution in [3.63, 3.8) is 0 Å². The van der Waals surface area contributed by atoms with Crippen LogP contribution in [0.25, 0.3) is 0 Å². The van der Waals surface area contributed by atoms with E-state index in [1.807, 2.05) is 4.57 Å². The van der Waals surface area contributed by atoms with Crippen molar-refractivity contribution in [1.82, 2.24) is 34.6 Å². The normalized spacial score (nSPS) is 14.9. The van der Waals surface area contributed by atoms with Gasteiger partial charge in [0.05, 0.1) is 19.3 Å². The first-order valence-electron chi connectivity index (χ1n) is 6.58. The van der Waals surface area contributed by atoms with Crippen LogP contribution in [0.5, 0.6) is 0 Å². The summed E-state index contributed by atoms with van der Waals surface area (Å²) in [5.41, 5.74) is 0.423. The van der Waals surface area contributed by atoms with E-state index in [1.54, 1.807) is 11.0 Å². The van der Waals surface area contributed by atoms with Crippen LogP contribution in [-0.2, 0) is 29.7 Å². The van der Waals surface area contributed by atoms with Crippen molar-refractivity contribution in [2.75, 3.05) is 12.8 Å². The number of fused-ring (bicyclic) bond motifs is 1. The number of rotatable bonds is 4. The molecule has 3 rings (SSSR count). The Labute approximate surface area is 126 Å². The molecule has 1 aliphatic heterocycles. The Hall–Kier alpha value is -2.27. The monoisotopic (exact) mass is 325 g/mol. The van der Waals surface area contributed by atoms with Gasteiger partial charge in [-0.15, -0.1) is 10.2 Å². The van der Waals surface area contributed by atoms with Gasteiger partial charge >= 0.3 is 0 Å². The number of hydrogen-bond donors (Lipinski definition) is 2. The van der Waals surface area contributed by atoms with Gasteiger partial charge in [-0.1, -0.05) is 0 Å². The first-order valence-corrected chi connectivity index (χ1v) is 8.47. The van der Waals surface area contributed by atoms with E-state index in [9.17, 15) is 13.2 Å². The van der Waals surface area contributed by atoms with Crippen LogP contribution in [0.2, 0.25) is 0 Å². The van der Waals surface area contributed by atoms with Gasteiger partial charge in [-0.2, -0.15) is 5.10 Å². The summed E-state index contributed by atoms with van der Waals surface area (Å²) >= 11 is 0. The zero-order chi connectivity index (χ0) is 15.7. The lowest BCUT2D eigenvalue weighted by molar-refractivity contribution is 0.0700. The van der Waals surface area contributed by atoms with Crippen LogP contribution in [0, 0.1) is 0 Å². The van der Waals surface area contributed by atoms with Crippen LogP contribution in [0.3, 0.4) is 0 Å². The van der Waals surface area contributed by atoms with E-state index in [2.05, 4.69) is 25.1 Å². The lowest BCUT2D eigenvalue weighted by atomic mass is 10.3. The Bertz CT molecular complexity index is 781. The first kappa shape index (κ1) is 14.7. The average Bonchev–Trinajstić information content (AvgIpc) is 3.12. The molecule has 2 aromatic heterocycles. The Morgan fingerprint density at radius 2 is 2.23 bits per heavy atom. The Kier molecular flexibility index (Phi) is 3.66. The number of sulfonamides is 1. The summed E-state index contributed by atoms with van der Waals surface area (Å²) in [6.07, 6.45) is 2.61. The van der Waals surface area contributed by atoms with Gasteiger partial charge in [-0.3, -0.25) is 9.89 Å². The van der Waals surface area contributed by atoms with Gasteiger partial charge in [0, 0.05) is 19.3 Å². The molecule has 11 heteroatoms. The highest BCUT2D eigenvalue weighted by Gasteiger charge is 2.25. The molecule has 0 radical (unpaired) electrons. The summed E-state index contributed by atoms with van der Waals surface area (Å²) in [4.78, 5) is 13.9. The Balaban J connectivity index is 1.72. The second-order valence-corrected chi connectivity index (χ2v) is 6.81. The van der Waals surface area contributed by atoms with Crippen molar-refractivity contribution in [3.05, 3.63) is 29.6 Å². The van der Waals surface area contributed by atoms with Crippen LogP contribution in [0.15, 0.2) is 12.3 Å². The minimum Gasteiger partial charge on any atom is -0.328 e. The second-order valence-electron chi connectivity index (χ2n) is 4.97. The number of hydrogen-bond acceptors (Lipinski definition) is 6. The number of carbonyl (C=O) groups excluding carboxylic acids is 1. The molecule has 118 valence electrons. The minimum absolute atomic E-state index is 0.0837. The molecule has 0 bridgehead atoms. The fourth-order valence-electron chi connectivity index (χ4n) is 2.26. The van der Waals surface area contributed by atoms with Crippen LogP contribution < -0.4 is 4.72 Å². The summed E-state index contributed by atoms with van der Waals surface area (Å²) in [6.45, 7) is 1.42. The predicted molar refractivity (Wildman–Crippen MR) is 75.0 cm³/mol. The zero-order valence-electron chi connectivity index (χ0n) is 11.9. The molecule has 10 nitrogen and oxygen atoms in total. The molecule has 3 heterocycles. The van der Waals surface area contributed by atoms with E-state index in [1.165, 1.54) is 6.20 Å². The number of aromatic nitrogens is 5. The van der Waals surface area contributed by atoms with Gasteiger partial charge in [-0.05, 0) is 6.07 Å². The van der Waals surface area contributed by atoms with Crippen molar-refractivity contribution in [1.29, 1.82) is 0 Å². The van der Waals surface area contributed by atoms with Crippen molar-refractivity contribution >= 4 is 15.9 Å². The minimum atomic E-state index is -3.29. The first-order chi connectivity index (χ1) is 10.4. The number of amides is 1. The molecule has 0 aromatic carbocycles. The summed E-state index contributed by atoms with van der Waals surface area (Å²) in [5.74, 6) is 1.01. The number of aromatic amines is 1. The van der Waals surface area contributed by atoms with E-state index in [-0.39, 0.29) is 12.5 Å². The van der Waals surface area contributed by atoms with E-state index < -0.39 is 10.0 Å². The van der Waals surface area contributed by atoms with Gasteiger partial charge in [-0.25, -0.2) is 13.1 Å². The molecule has 0 aliphatic carbocycles. The molecule has 0 saturated heterocycles. The molecular formula is C11H15N7O3S. The number of nitrogens with one attached hydrogen (secondary N) is 2. The van der Waals surface area contributed by atoms with Crippen molar-refractivity contribution in [2.24, 2.45) is 0 Å². The molecule has 0 saturated carbocycles. The second kappa shape index (κ2) is 5.50. The van der Waals surface area contributed by atoms with Gasteiger partial charge < -0.3 is 9.47 Å². The van der Waals surface area contributed by atoms with Crippen LogP contribution >= 0.6 is 0 Å². The standard InChI is InChI=1S/C11H15N7O3S/c1-22(20,21)13-6-9-15-16-10-7-17(4-5-18(9)10)11(19)8-2-3-12-14-8/h2-3,13H,4-7H2,1H3,(H,12,14). The van der Waals surface area contributed by atoms with Crippen molar-refractivity contribution in [3.8, 4) is 0 Å². The molecule has 0 spiro atoms. The maximum atomic E-state index is 12.2. The third-order valence-corrected chi connectivity index (χ3v) is 4.01. The molecule has 2 N–H and O–H groups in total. The van der Waals surface area contributed by atoms with E-state index in [4.69, 9.17) is 0 Å². The summed E-state index contributed by atoms with van der Waals surface area (Å²) < 4.78 is 26.5. The highest BCUT2D eigenvalue weighted by molar-refractivity contribution is 7.88. The quantitative estimate of drug-likeness (QED) is 0.720. The summed E-state index contributed by atoms with van der Waals surface area (Å²) in [6, 6.07) is 1.61. The molecule has 1 aliphatic rings. The molecule has 1 amide bonds. The van der Waals surface area contributed by atoms with Crippen molar-refractivity contribution in [2.45, 2.75) is 19.6 Å². The predicted octanol–water partition coefficient (Wildman–Crippen LogP) is -1.29. The Morgan fingerprint density at radius 1 is 1.41 bits per heavy atom. The maximum absolute atomic E-state index is 12.2. The third kappa shape index (κ3) is 2.99. The fraction of sp³-hybridized carbons (Fsp3) is 0.455. The molecule has 0 unspecified atom stereocenters. The largest absolute Gasteiger partial charge is 0.328 e. The molecular weight excluding hydrogens is 310 g/mol. The number of H-pyrrole nitrogens is 1. The molecule has 22 heavy (non-hydrogen) atoms. The van der Waals surface area contributed by atoms with E-state index in [0.29, 0.717) is 37.0 Å². The van der Waals surface area contributed by atoms with Gasteiger partial charge in [0.2, 0.25) is 10.0 Å². The molecule has 2 aromatic rings. The number of carbonyl (C=O) groups is 1. The van der Waals surface area contributed by atoms with Gasteiger partial charge in [0.1, 0.15) is 11.5 Å². The smallest absolute Gasteiger partial charge is 0.272 e. The third-order valence-electron chi connectivity index (χ3n) is 3.34. The molecule has 0 fully saturated rings. The average molecular weight is 325 g/mol. The fourth-order valence-corrected chi connectivity index (χ4v) is 2.65. The number of nitrogens with zero attached hydrogens (tertiary/aromatic N) is 5. The van der Waals surface area contributed by atoms with Crippen LogP contribution in [0.1, 0.15) is 22.1 Å². The van der Waals surface area contributed by atoms with Crippen molar-refractivity contribution < 1.29 is 13.2 Å². The molecule has 0 atom stereocenters. The summed E-state index contributed by atoms with van der Waals surface area (Å²) in [5, 5.41) is 14.4. The zero-order valence-corrected chi connectivity index (χ0v) is 12.7. The SMILES string of the molecule is CS(=O)(=O)NCc1nnc2n1CCN(C(=O)c1ccn[nH]1)C2. The van der Waals surface area contributed by atoms with E-state index in [0.717, 1.165) is 6.26 Å². The topological polar surface area (TPSA) is 126 Å². The highest BCUT2D eigenvalue weighted by Crippen LogP contribution is 2.14. The lowest BCUT2D eigenvalue weighted by Crippen LogP contribution is -2.39. The van der Waals surface area contributed by atoms with E-state index >= 15 is 0 Å². The maximum Gasteiger partial charge on any atom is 0.272 e. The Morgan fingerprint density at radius 3 is 2.91 bits per heavy atom. The van der Waals surface area contributed by atoms with Crippen LogP contribution in [0.4, 0.5) is 0 Å². The van der Waals surface area contributed by atoms with Gasteiger partial charge in [0.15, 0.2) is 5.82 Å².